The predicted molar refractivity (Wildman–Crippen MR) is 94.5 cm³/mol. The second kappa shape index (κ2) is 8.18. The van der Waals surface area contributed by atoms with Gasteiger partial charge in [-0.05, 0) is 48.2 Å². The molecule has 2 aromatic rings. The molecule has 1 heterocycles. The molecule has 4 nitrogen and oxygen atoms in total. The first kappa shape index (κ1) is 16.8. The Balaban J connectivity index is 1.58. The molecule has 1 atom stereocenters. The van der Waals surface area contributed by atoms with Crippen molar-refractivity contribution in [3.8, 4) is 11.5 Å². The molecule has 24 heavy (non-hydrogen) atoms. The maximum atomic E-state index is 9.09. The zero-order valence-corrected chi connectivity index (χ0v) is 14.1. The molecule has 0 spiro atoms. The van der Waals surface area contributed by atoms with Gasteiger partial charge in [-0.2, -0.15) is 0 Å². The second-order valence-corrected chi connectivity index (χ2v) is 6.04. The summed E-state index contributed by atoms with van der Waals surface area (Å²) in [6, 6.07) is 14.6. The number of aliphatic hydroxyl groups excluding tert-OH is 1. The van der Waals surface area contributed by atoms with Crippen LogP contribution in [0, 0.1) is 0 Å². The lowest BCUT2D eigenvalue weighted by Crippen LogP contribution is -2.23. The molecule has 0 aliphatic carbocycles. The van der Waals surface area contributed by atoms with Crippen molar-refractivity contribution >= 4 is 0 Å². The van der Waals surface area contributed by atoms with Crippen LogP contribution < -0.4 is 14.8 Å². The van der Waals surface area contributed by atoms with Gasteiger partial charge in [0.05, 0.1) is 6.61 Å². The van der Waals surface area contributed by atoms with E-state index in [1.165, 1.54) is 11.1 Å². The van der Waals surface area contributed by atoms with Crippen molar-refractivity contribution in [2.75, 3.05) is 19.8 Å². The van der Waals surface area contributed by atoms with E-state index in [0.717, 1.165) is 36.4 Å². The van der Waals surface area contributed by atoms with E-state index in [0.29, 0.717) is 19.3 Å². The molecular weight excluding hydrogens is 302 g/mol. The van der Waals surface area contributed by atoms with E-state index >= 15 is 0 Å². The zero-order valence-electron chi connectivity index (χ0n) is 14.1. The third-order valence-corrected chi connectivity index (χ3v) is 4.39. The molecule has 4 heteroatoms. The summed E-state index contributed by atoms with van der Waals surface area (Å²) in [6.45, 7) is 4.43. The predicted octanol–water partition coefficient (Wildman–Crippen LogP) is 3.23. The van der Waals surface area contributed by atoms with Crippen molar-refractivity contribution in [3.05, 3.63) is 59.2 Å². The van der Waals surface area contributed by atoms with E-state index in [9.17, 15) is 0 Å². The number of nitrogens with one attached hydrogen (secondary N) is 1. The molecule has 128 valence electrons. The number of benzene rings is 2. The highest BCUT2D eigenvalue weighted by molar-refractivity contribution is 5.44. The van der Waals surface area contributed by atoms with Gasteiger partial charge in [0.2, 0.25) is 0 Å². The largest absolute Gasteiger partial charge is 0.486 e. The number of hydrogen-bond donors (Lipinski definition) is 2. The SMILES string of the molecule is CCC(NCCc1ccc(CO)cc1)c1ccc2c(c1)OCCO2. The van der Waals surface area contributed by atoms with Gasteiger partial charge < -0.3 is 19.9 Å². The van der Waals surface area contributed by atoms with Crippen LogP contribution in [0.15, 0.2) is 42.5 Å². The Morgan fingerprint density at radius 1 is 1.00 bits per heavy atom. The van der Waals surface area contributed by atoms with Crippen LogP contribution in [0.5, 0.6) is 11.5 Å². The minimum absolute atomic E-state index is 0.0978. The molecule has 1 unspecified atom stereocenters. The fourth-order valence-electron chi connectivity index (χ4n) is 2.98. The van der Waals surface area contributed by atoms with E-state index in [1.807, 2.05) is 18.2 Å². The quantitative estimate of drug-likeness (QED) is 0.820. The highest BCUT2D eigenvalue weighted by atomic mass is 16.6. The Bertz CT molecular complexity index is 654. The number of ether oxygens (including phenoxy) is 2. The number of fused-ring (bicyclic) bond motifs is 1. The first-order chi connectivity index (χ1) is 11.8. The highest BCUT2D eigenvalue weighted by Gasteiger charge is 2.15. The van der Waals surface area contributed by atoms with Gasteiger partial charge >= 0.3 is 0 Å². The van der Waals surface area contributed by atoms with Crippen LogP contribution >= 0.6 is 0 Å². The molecule has 0 aromatic heterocycles. The summed E-state index contributed by atoms with van der Waals surface area (Å²) in [5.74, 6) is 1.68. The van der Waals surface area contributed by atoms with Gasteiger partial charge in [-0.25, -0.2) is 0 Å². The van der Waals surface area contributed by atoms with Crippen molar-refractivity contribution in [2.45, 2.75) is 32.4 Å². The Morgan fingerprint density at radius 2 is 1.71 bits per heavy atom. The van der Waals surface area contributed by atoms with Crippen LogP contribution in [0.25, 0.3) is 0 Å². The van der Waals surface area contributed by atoms with E-state index in [-0.39, 0.29) is 6.61 Å². The molecular formula is C20H25NO3. The van der Waals surface area contributed by atoms with Gasteiger partial charge in [0.25, 0.3) is 0 Å². The van der Waals surface area contributed by atoms with Crippen LogP contribution in [0.3, 0.4) is 0 Å². The minimum Gasteiger partial charge on any atom is -0.486 e. The maximum absolute atomic E-state index is 9.09. The summed E-state index contributed by atoms with van der Waals surface area (Å²) in [5.41, 5.74) is 3.46. The molecule has 0 fully saturated rings. The Hall–Kier alpha value is -2.04. The Kier molecular flexibility index (Phi) is 5.72. The minimum atomic E-state index is 0.0978. The third kappa shape index (κ3) is 4.08. The van der Waals surface area contributed by atoms with Crippen LogP contribution in [0.1, 0.15) is 36.1 Å². The fourth-order valence-corrected chi connectivity index (χ4v) is 2.98. The van der Waals surface area contributed by atoms with Crippen molar-refractivity contribution in [3.63, 3.8) is 0 Å². The van der Waals surface area contributed by atoms with E-state index < -0.39 is 0 Å². The summed E-state index contributed by atoms with van der Waals surface area (Å²) < 4.78 is 11.3. The molecule has 0 saturated carbocycles. The van der Waals surface area contributed by atoms with Gasteiger partial charge in [0.15, 0.2) is 11.5 Å². The van der Waals surface area contributed by atoms with Crippen molar-refractivity contribution in [1.82, 2.24) is 5.32 Å². The first-order valence-electron chi connectivity index (χ1n) is 8.61. The van der Waals surface area contributed by atoms with Crippen molar-refractivity contribution < 1.29 is 14.6 Å². The van der Waals surface area contributed by atoms with E-state index in [4.69, 9.17) is 14.6 Å². The smallest absolute Gasteiger partial charge is 0.161 e. The summed E-state index contributed by atoms with van der Waals surface area (Å²) in [7, 11) is 0. The monoisotopic (exact) mass is 327 g/mol. The lowest BCUT2D eigenvalue weighted by Gasteiger charge is -2.22. The summed E-state index contributed by atoms with van der Waals surface area (Å²) in [6.07, 6.45) is 1.98. The van der Waals surface area contributed by atoms with Crippen LogP contribution in [-0.4, -0.2) is 24.9 Å². The third-order valence-electron chi connectivity index (χ3n) is 4.39. The summed E-state index contributed by atoms with van der Waals surface area (Å²) >= 11 is 0. The van der Waals surface area contributed by atoms with Gasteiger partial charge in [-0.1, -0.05) is 37.3 Å². The lowest BCUT2D eigenvalue weighted by molar-refractivity contribution is 0.171. The van der Waals surface area contributed by atoms with Crippen LogP contribution in [0.4, 0.5) is 0 Å². The van der Waals surface area contributed by atoms with Crippen molar-refractivity contribution in [2.24, 2.45) is 0 Å². The molecule has 1 aliphatic rings. The number of rotatable bonds is 7. The fraction of sp³-hybridized carbons (Fsp3) is 0.400. The van der Waals surface area contributed by atoms with Gasteiger partial charge in [0, 0.05) is 6.04 Å². The van der Waals surface area contributed by atoms with Gasteiger partial charge in [-0.3, -0.25) is 0 Å². The first-order valence-corrected chi connectivity index (χ1v) is 8.61. The lowest BCUT2D eigenvalue weighted by atomic mass is 10.0. The Labute approximate surface area is 143 Å². The molecule has 2 aromatic carbocycles. The summed E-state index contributed by atoms with van der Waals surface area (Å²) in [4.78, 5) is 0. The van der Waals surface area contributed by atoms with Crippen LogP contribution in [-0.2, 0) is 13.0 Å². The number of hydrogen-bond acceptors (Lipinski definition) is 4. The second-order valence-electron chi connectivity index (χ2n) is 6.04. The molecule has 0 amide bonds. The normalized spacial score (nSPS) is 14.4. The molecule has 0 saturated heterocycles. The van der Waals surface area contributed by atoms with Crippen LogP contribution in [0.2, 0.25) is 0 Å². The highest BCUT2D eigenvalue weighted by Crippen LogP contribution is 2.33. The molecule has 1 aliphatic heterocycles. The van der Waals surface area contributed by atoms with Crippen molar-refractivity contribution in [1.29, 1.82) is 0 Å². The molecule has 3 rings (SSSR count). The summed E-state index contributed by atoms with van der Waals surface area (Å²) in [5, 5.41) is 12.7. The van der Waals surface area contributed by atoms with E-state index in [2.05, 4.69) is 36.5 Å². The molecule has 2 N–H and O–H groups in total. The topological polar surface area (TPSA) is 50.7 Å². The molecule has 0 bridgehead atoms. The zero-order chi connectivity index (χ0) is 16.8. The van der Waals surface area contributed by atoms with Gasteiger partial charge in [0.1, 0.15) is 13.2 Å². The van der Waals surface area contributed by atoms with Gasteiger partial charge in [-0.15, -0.1) is 0 Å². The standard InChI is InChI=1S/C20H25NO3/c1-2-18(17-7-8-19-20(13-17)24-12-11-23-19)21-10-9-15-3-5-16(14-22)6-4-15/h3-8,13,18,21-22H,2,9-12,14H2,1H3. The average molecular weight is 327 g/mol. The maximum Gasteiger partial charge on any atom is 0.161 e. The molecule has 0 radical (unpaired) electrons. The Morgan fingerprint density at radius 3 is 2.42 bits per heavy atom. The number of aliphatic hydroxyl groups is 1. The van der Waals surface area contributed by atoms with E-state index in [1.54, 1.807) is 0 Å². The average Bonchev–Trinajstić information content (AvgIpc) is 2.65.